The molecule has 0 aliphatic heterocycles. The lowest BCUT2D eigenvalue weighted by atomic mass is 10.1. The highest BCUT2D eigenvalue weighted by Gasteiger charge is 2.02. The van der Waals surface area contributed by atoms with Crippen molar-refractivity contribution >= 4 is 17.7 Å². The highest BCUT2D eigenvalue weighted by molar-refractivity contribution is 6.01. The molecule has 1 aromatic heterocycles. The number of benzene rings is 1. The number of aromatic amines is 2. The van der Waals surface area contributed by atoms with E-state index < -0.39 is 17.2 Å². The monoisotopic (exact) mass is 271 g/mol. The summed E-state index contributed by atoms with van der Waals surface area (Å²) in [5.74, 6) is -0.455. The summed E-state index contributed by atoms with van der Waals surface area (Å²) in [5, 5.41) is 2.38. The average Bonchev–Trinajstić information content (AvgIpc) is 2.41. The van der Waals surface area contributed by atoms with E-state index >= 15 is 0 Å². The number of hydrogen-bond donors (Lipinski definition) is 3. The van der Waals surface area contributed by atoms with Crippen LogP contribution in [0.1, 0.15) is 11.1 Å². The maximum atomic E-state index is 11.6. The van der Waals surface area contributed by atoms with Crippen LogP contribution in [0, 0.1) is 6.92 Å². The zero-order valence-corrected chi connectivity index (χ0v) is 10.8. The molecule has 3 N–H and O–H groups in total. The second-order valence-corrected chi connectivity index (χ2v) is 4.22. The van der Waals surface area contributed by atoms with Gasteiger partial charge in [0.2, 0.25) is 5.91 Å². The highest BCUT2D eigenvalue weighted by atomic mass is 16.2. The van der Waals surface area contributed by atoms with Crippen molar-refractivity contribution in [3.8, 4) is 0 Å². The fraction of sp³-hybridized carbons (Fsp3) is 0.0714. The summed E-state index contributed by atoms with van der Waals surface area (Å²) in [4.78, 5) is 38.1. The number of carbonyl (C=O) groups excluding carboxylic acids is 1. The van der Waals surface area contributed by atoms with Crippen LogP contribution in [-0.2, 0) is 4.79 Å². The van der Waals surface area contributed by atoms with Crippen LogP contribution in [0.2, 0.25) is 0 Å². The van der Waals surface area contributed by atoms with Crippen LogP contribution in [-0.4, -0.2) is 15.9 Å². The maximum absolute atomic E-state index is 11.6. The fourth-order valence-corrected chi connectivity index (χ4v) is 1.53. The van der Waals surface area contributed by atoms with Crippen LogP contribution < -0.4 is 16.6 Å². The van der Waals surface area contributed by atoms with Gasteiger partial charge in [-0.15, -0.1) is 0 Å². The molecule has 0 fully saturated rings. The molecule has 6 heteroatoms. The third-order valence-corrected chi connectivity index (χ3v) is 2.58. The molecule has 0 aliphatic rings. The quantitative estimate of drug-likeness (QED) is 0.727. The fourth-order valence-electron chi connectivity index (χ4n) is 1.53. The van der Waals surface area contributed by atoms with Gasteiger partial charge in [-0.05, 0) is 18.6 Å². The van der Waals surface area contributed by atoms with Gasteiger partial charge in [-0.3, -0.25) is 14.6 Å². The lowest BCUT2D eigenvalue weighted by Gasteiger charge is -1.99. The molecule has 1 aromatic carbocycles. The van der Waals surface area contributed by atoms with Crippen molar-refractivity contribution in [1.82, 2.24) is 9.97 Å². The Balaban J connectivity index is 2.07. The van der Waals surface area contributed by atoms with Crippen LogP contribution in [0.25, 0.3) is 6.08 Å². The number of aromatic nitrogens is 2. The molecule has 20 heavy (non-hydrogen) atoms. The van der Waals surface area contributed by atoms with Gasteiger partial charge in [0.25, 0.3) is 5.56 Å². The van der Waals surface area contributed by atoms with E-state index in [0.717, 1.165) is 17.3 Å². The lowest BCUT2D eigenvalue weighted by molar-refractivity contribution is -0.111. The largest absolute Gasteiger partial charge is 0.325 e. The molecule has 0 radical (unpaired) electrons. The van der Waals surface area contributed by atoms with Crippen molar-refractivity contribution in [2.24, 2.45) is 0 Å². The summed E-state index contributed by atoms with van der Waals surface area (Å²) in [6.45, 7) is 1.97. The van der Waals surface area contributed by atoms with Crippen molar-refractivity contribution in [3.05, 3.63) is 68.5 Å². The standard InChI is InChI=1S/C14H13N3O3/c1-9-2-4-10(5-3-9)6-7-12(18)16-11-8-15-14(20)17-13(11)19/h2-8H,1H3,(H,16,18)(H2,15,17,19,20)/b7-6+. The number of rotatable bonds is 3. The molecular weight excluding hydrogens is 258 g/mol. The van der Waals surface area contributed by atoms with Gasteiger partial charge in [-0.2, -0.15) is 0 Å². The van der Waals surface area contributed by atoms with Gasteiger partial charge in [-0.25, -0.2) is 4.79 Å². The Bertz CT molecular complexity index is 754. The minimum Gasteiger partial charge on any atom is -0.317 e. The summed E-state index contributed by atoms with van der Waals surface area (Å²) in [7, 11) is 0. The van der Waals surface area contributed by atoms with E-state index in [-0.39, 0.29) is 5.69 Å². The number of aryl methyl sites for hydroxylation is 1. The van der Waals surface area contributed by atoms with Gasteiger partial charge in [0.05, 0.1) is 0 Å². The van der Waals surface area contributed by atoms with Crippen LogP contribution in [0.4, 0.5) is 5.69 Å². The van der Waals surface area contributed by atoms with E-state index in [1.54, 1.807) is 6.08 Å². The molecule has 0 atom stereocenters. The van der Waals surface area contributed by atoms with Crippen LogP contribution in [0.3, 0.4) is 0 Å². The van der Waals surface area contributed by atoms with Gasteiger partial charge < -0.3 is 10.3 Å². The van der Waals surface area contributed by atoms with Gasteiger partial charge >= 0.3 is 5.69 Å². The Labute approximate surface area is 114 Å². The van der Waals surface area contributed by atoms with Gasteiger partial charge in [0.1, 0.15) is 5.69 Å². The molecule has 0 saturated heterocycles. The number of nitrogens with one attached hydrogen (secondary N) is 3. The van der Waals surface area contributed by atoms with Crippen LogP contribution in [0.15, 0.2) is 46.1 Å². The maximum Gasteiger partial charge on any atom is 0.325 e. The minimum absolute atomic E-state index is 0.0110. The molecule has 0 spiro atoms. The van der Waals surface area contributed by atoms with E-state index in [1.807, 2.05) is 36.2 Å². The van der Waals surface area contributed by atoms with Crippen molar-refractivity contribution in [1.29, 1.82) is 0 Å². The van der Waals surface area contributed by atoms with Gasteiger partial charge in [0, 0.05) is 12.3 Å². The highest BCUT2D eigenvalue weighted by Crippen LogP contribution is 2.05. The van der Waals surface area contributed by atoms with Crippen molar-refractivity contribution in [2.45, 2.75) is 6.92 Å². The number of amides is 1. The summed E-state index contributed by atoms with van der Waals surface area (Å²) < 4.78 is 0. The predicted octanol–water partition coefficient (Wildman–Crippen LogP) is 1.02. The van der Waals surface area contributed by atoms with Crippen LogP contribution in [0.5, 0.6) is 0 Å². The molecule has 2 aromatic rings. The first-order valence-electron chi connectivity index (χ1n) is 5.92. The molecule has 1 heterocycles. The Morgan fingerprint density at radius 2 is 1.90 bits per heavy atom. The zero-order chi connectivity index (χ0) is 14.5. The zero-order valence-electron chi connectivity index (χ0n) is 10.8. The first-order chi connectivity index (χ1) is 9.54. The first-order valence-corrected chi connectivity index (χ1v) is 5.92. The summed E-state index contributed by atoms with van der Waals surface area (Å²) in [5.41, 5.74) is 0.727. The Morgan fingerprint density at radius 1 is 1.20 bits per heavy atom. The Hall–Kier alpha value is -2.89. The third kappa shape index (κ3) is 3.55. The number of hydrogen-bond acceptors (Lipinski definition) is 3. The topological polar surface area (TPSA) is 94.8 Å². The summed E-state index contributed by atoms with van der Waals surface area (Å²) >= 11 is 0. The molecule has 0 unspecified atom stereocenters. The average molecular weight is 271 g/mol. The number of carbonyl (C=O) groups is 1. The van der Waals surface area contributed by atoms with E-state index in [0.29, 0.717) is 0 Å². The van der Waals surface area contributed by atoms with E-state index in [1.165, 1.54) is 6.08 Å². The molecule has 0 saturated carbocycles. The second-order valence-electron chi connectivity index (χ2n) is 4.22. The van der Waals surface area contributed by atoms with Crippen LogP contribution >= 0.6 is 0 Å². The van der Waals surface area contributed by atoms with Crippen molar-refractivity contribution in [3.63, 3.8) is 0 Å². The molecule has 1 amide bonds. The van der Waals surface area contributed by atoms with Gasteiger partial charge in [-0.1, -0.05) is 29.8 Å². The smallest absolute Gasteiger partial charge is 0.317 e. The second kappa shape index (κ2) is 5.83. The Kier molecular flexibility index (Phi) is 3.95. The molecule has 0 bridgehead atoms. The molecule has 2 rings (SSSR count). The van der Waals surface area contributed by atoms with E-state index in [4.69, 9.17) is 0 Å². The van der Waals surface area contributed by atoms with Crippen molar-refractivity contribution in [2.75, 3.05) is 5.32 Å². The minimum atomic E-state index is -0.647. The van der Waals surface area contributed by atoms with E-state index in [2.05, 4.69) is 10.3 Å². The number of anilines is 1. The van der Waals surface area contributed by atoms with E-state index in [9.17, 15) is 14.4 Å². The normalized spacial score (nSPS) is 10.7. The third-order valence-electron chi connectivity index (χ3n) is 2.58. The summed E-state index contributed by atoms with van der Waals surface area (Å²) in [6, 6.07) is 7.63. The Morgan fingerprint density at radius 3 is 2.55 bits per heavy atom. The molecular formula is C14H13N3O3. The number of H-pyrrole nitrogens is 2. The first kappa shape index (κ1) is 13.5. The predicted molar refractivity (Wildman–Crippen MR) is 76.5 cm³/mol. The van der Waals surface area contributed by atoms with Crippen molar-refractivity contribution < 1.29 is 4.79 Å². The molecule has 102 valence electrons. The molecule has 6 nitrogen and oxygen atoms in total. The SMILES string of the molecule is Cc1ccc(/C=C/C(=O)Nc2c[nH]c(=O)[nH]c2=O)cc1. The lowest BCUT2D eigenvalue weighted by Crippen LogP contribution is -2.25. The van der Waals surface area contributed by atoms with Gasteiger partial charge in [0.15, 0.2) is 0 Å². The molecule has 0 aliphatic carbocycles. The summed E-state index contributed by atoms with van der Waals surface area (Å²) in [6.07, 6.45) is 4.10.